The van der Waals surface area contributed by atoms with Crippen LogP contribution in [-0.2, 0) is 0 Å². The first-order chi connectivity index (χ1) is 7.83. The lowest BCUT2D eigenvalue weighted by Crippen LogP contribution is -2.29. The highest BCUT2D eigenvalue weighted by atomic mass is 15.1. The summed E-state index contributed by atoms with van der Waals surface area (Å²) in [7, 11) is 2.18. The number of piperidine rings is 1. The fraction of sp³-hybridized carbons (Fsp3) is 0.500. The van der Waals surface area contributed by atoms with Gasteiger partial charge in [0.25, 0.3) is 0 Å². The third-order valence-corrected chi connectivity index (χ3v) is 3.38. The van der Waals surface area contributed by atoms with Gasteiger partial charge < -0.3 is 9.88 Å². The predicted octanol–water partition coefficient (Wildman–Crippen LogP) is 1.77. The third-order valence-electron chi connectivity index (χ3n) is 3.38. The van der Waals surface area contributed by atoms with Crippen LogP contribution in [-0.4, -0.2) is 40.0 Å². The lowest BCUT2D eigenvalue weighted by molar-refractivity contribution is 0.252. The number of pyridine rings is 1. The van der Waals surface area contributed by atoms with Gasteiger partial charge in [-0.05, 0) is 45.1 Å². The van der Waals surface area contributed by atoms with Gasteiger partial charge in [0.1, 0.15) is 11.3 Å². The highest BCUT2D eigenvalue weighted by Gasteiger charge is 2.21. The normalized spacial score (nSPS) is 19.3. The first kappa shape index (κ1) is 9.78. The maximum atomic E-state index is 4.62. The van der Waals surface area contributed by atoms with Crippen LogP contribution in [0.3, 0.4) is 0 Å². The molecule has 1 aliphatic heterocycles. The molecule has 2 aromatic heterocycles. The minimum atomic E-state index is 0.574. The first-order valence-electron chi connectivity index (χ1n) is 5.82. The largest absolute Gasteiger partial charge is 0.326 e. The predicted molar refractivity (Wildman–Crippen MR) is 63.4 cm³/mol. The van der Waals surface area contributed by atoms with E-state index in [4.69, 9.17) is 0 Å². The summed E-state index contributed by atoms with van der Waals surface area (Å²) in [6, 6.07) is 3.94. The molecule has 16 heavy (non-hydrogen) atoms. The maximum Gasteiger partial charge on any atom is 0.157 e. The fourth-order valence-corrected chi connectivity index (χ4v) is 2.34. The standard InChI is InChI=1S/C12H16N4/c1-16-7-4-9(5-8-16)11-14-10-3-2-6-13-12(10)15-11/h2-3,6,9H,4-5,7-8H2,1H3,(H,13,14,15). The molecule has 0 amide bonds. The number of imidazole rings is 1. The van der Waals surface area contributed by atoms with Crippen LogP contribution >= 0.6 is 0 Å². The van der Waals surface area contributed by atoms with Crippen molar-refractivity contribution in [3.8, 4) is 0 Å². The molecule has 0 saturated carbocycles. The average Bonchev–Trinajstić information content (AvgIpc) is 2.73. The molecule has 0 aliphatic carbocycles. The molecule has 2 aromatic rings. The molecular formula is C12H16N4. The Morgan fingerprint density at radius 3 is 2.94 bits per heavy atom. The van der Waals surface area contributed by atoms with Crippen molar-refractivity contribution in [2.75, 3.05) is 20.1 Å². The van der Waals surface area contributed by atoms with E-state index in [0.29, 0.717) is 5.92 Å². The Balaban J connectivity index is 1.88. The van der Waals surface area contributed by atoms with Gasteiger partial charge in [-0.1, -0.05) is 0 Å². The average molecular weight is 216 g/mol. The maximum absolute atomic E-state index is 4.62. The van der Waals surface area contributed by atoms with E-state index in [9.17, 15) is 0 Å². The van der Waals surface area contributed by atoms with E-state index in [0.717, 1.165) is 30.1 Å². The molecule has 0 aromatic carbocycles. The van der Waals surface area contributed by atoms with E-state index < -0.39 is 0 Å². The number of aromatic amines is 1. The summed E-state index contributed by atoms with van der Waals surface area (Å²) in [4.78, 5) is 14.6. The summed E-state index contributed by atoms with van der Waals surface area (Å²) >= 11 is 0. The Hall–Kier alpha value is -1.42. The van der Waals surface area contributed by atoms with Gasteiger partial charge in [0.2, 0.25) is 0 Å². The van der Waals surface area contributed by atoms with Crippen molar-refractivity contribution in [2.45, 2.75) is 18.8 Å². The summed E-state index contributed by atoms with van der Waals surface area (Å²) in [6.45, 7) is 2.32. The number of nitrogens with one attached hydrogen (secondary N) is 1. The molecule has 1 aliphatic rings. The lowest BCUT2D eigenvalue weighted by Gasteiger charge is -2.27. The number of H-pyrrole nitrogens is 1. The summed E-state index contributed by atoms with van der Waals surface area (Å²) < 4.78 is 0. The van der Waals surface area contributed by atoms with Crippen LogP contribution in [0.4, 0.5) is 0 Å². The number of aromatic nitrogens is 3. The Bertz CT molecular complexity index is 449. The quantitative estimate of drug-likeness (QED) is 0.790. The second-order valence-corrected chi connectivity index (χ2v) is 4.57. The van der Waals surface area contributed by atoms with Crippen LogP contribution in [0.1, 0.15) is 24.6 Å². The highest BCUT2D eigenvalue weighted by Crippen LogP contribution is 2.26. The van der Waals surface area contributed by atoms with Gasteiger partial charge in [0.15, 0.2) is 5.65 Å². The molecule has 1 saturated heterocycles. The van der Waals surface area contributed by atoms with E-state index in [1.54, 1.807) is 6.20 Å². The Morgan fingerprint density at radius 1 is 1.38 bits per heavy atom. The van der Waals surface area contributed by atoms with Gasteiger partial charge in [0.05, 0.1) is 0 Å². The molecule has 1 N–H and O–H groups in total. The van der Waals surface area contributed by atoms with Crippen molar-refractivity contribution >= 4 is 11.2 Å². The minimum absolute atomic E-state index is 0.574. The molecule has 3 rings (SSSR count). The van der Waals surface area contributed by atoms with Gasteiger partial charge in [-0.3, -0.25) is 0 Å². The number of fused-ring (bicyclic) bond motifs is 1. The van der Waals surface area contributed by atoms with Gasteiger partial charge in [-0.25, -0.2) is 9.97 Å². The summed E-state index contributed by atoms with van der Waals surface area (Å²) in [5.74, 6) is 1.69. The summed E-state index contributed by atoms with van der Waals surface area (Å²) in [5.41, 5.74) is 1.90. The Kier molecular flexibility index (Phi) is 2.36. The number of nitrogens with zero attached hydrogens (tertiary/aromatic N) is 3. The lowest BCUT2D eigenvalue weighted by atomic mass is 9.97. The van der Waals surface area contributed by atoms with E-state index >= 15 is 0 Å². The Labute approximate surface area is 94.7 Å². The van der Waals surface area contributed by atoms with Crippen molar-refractivity contribution in [2.24, 2.45) is 0 Å². The second-order valence-electron chi connectivity index (χ2n) is 4.57. The SMILES string of the molecule is CN1CCC(c2nc3cccnc3[nH]2)CC1. The fourth-order valence-electron chi connectivity index (χ4n) is 2.34. The van der Waals surface area contributed by atoms with Crippen LogP contribution in [0.15, 0.2) is 18.3 Å². The zero-order valence-corrected chi connectivity index (χ0v) is 9.48. The van der Waals surface area contributed by atoms with Crippen LogP contribution in [0.5, 0.6) is 0 Å². The minimum Gasteiger partial charge on any atom is -0.326 e. The molecule has 1 fully saturated rings. The first-order valence-corrected chi connectivity index (χ1v) is 5.82. The van der Waals surface area contributed by atoms with E-state index in [1.165, 1.54) is 12.8 Å². The van der Waals surface area contributed by atoms with Crippen molar-refractivity contribution in [3.63, 3.8) is 0 Å². The molecule has 0 bridgehead atoms. The highest BCUT2D eigenvalue weighted by molar-refractivity contribution is 5.70. The molecular weight excluding hydrogens is 200 g/mol. The molecule has 0 spiro atoms. The van der Waals surface area contributed by atoms with E-state index in [-0.39, 0.29) is 0 Å². The molecule has 4 nitrogen and oxygen atoms in total. The third kappa shape index (κ3) is 1.69. The molecule has 84 valence electrons. The summed E-state index contributed by atoms with van der Waals surface area (Å²) in [6.07, 6.45) is 4.19. The molecule has 0 unspecified atom stereocenters. The topological polar surface area (TPSA) is 44.8 Å². The number of hydrogen-bond acceptors (Lipinski definition) is 3. The number of hydrogen-bond donors (Lipinski definition) is 1. The van der Waals surface area contributed by atoms with E-state index in [1.807, 2.05) is 12.1 Å². The van der Waals surface area contributed by atoms with Crippen LogP contribution in [0.2, 0.25) is 0 Å². The van der Waals surface area contributed by atoms with Crippen LogP contribution in [0, 0.1) is 0 Å². The van der Waals surface area contributed by atoms with Gasteiger partial charge in [-0.15, -0.1) is 0 Å². The van der Waals surface area contributed by atoms with Gasteiger partial charge in [-0.2, -0.15) is 0 Å². The molecule has 0 radical (unpaired) electrons. The zero-order valence-electron chi connectivity index (χ0n) is 9.48. The zero-order chi connectivity index (χ0) is 11.0. The van der Waals surface area contributed by atoms with E-state index in [2.05, 4.69) is 26.9 Å². The van der Waals surface area contributed by atoms with Crippen LogP contribution < -0.4 is 0 Å². The van der Waals surface area contributed by atoms with Crippen molar-refractivity contribution in [1.29, 1.82) is 0 Å². The van der Waals surface area contributed by atoms with Crippen molar-refractivity contribution < 1.29 is 0 Å². The van der Waals surface area contributed by atoms with Crippen molar-refractivity contribution in [3.05, 3.63) is 24.2 Å². The van der Waals surface area contributed by atoms with Crippen molar-refractivity contribution in [1.82, 2.24) is 19.9 Å². The van der Waals surface area contributed by atoms with Gasteiger partial charge >= 0.3 is 0 Å². The molecule has 3 heterocycles. The second kappa shape index (κ2) is 3.87. The number of likely N-dealkylation sites (tertiary alicyclic amines) is 1. The molecule has 0 atom stereocenters. The smallest absolute Gasteiger partial charge is 0.157 e. The van der Waals surface area contributed by atoms with Gasteiger partial charge in [0, 0.05) is 12.1 Å². The Morgan fingerprint density at radius 2 is 2.19 bits per heavy atom. The summed E-state index contributed by atoms with van der Waals surface area (Å²) in [5, 5.41) is 0. The van der Waals surface area contributed by atoms with Crippen LogP contribution in [0.25, 0.3) is 11.2 Å². The monoisotopic (exact) mass is 216 g/mol. The molecule has 4 heteroatoms. The number of rotatable bonds is 1.